The van der Waals surface area contributed by atoms with Gasteiger partial charge in [-0.3, -0.25) is 0 Å². The van der Waals surface area contributed by atoms with Crippen molar-refractivity contribution in [2.45, 2.75) is 18.8 Å². The molecule has 2 N–H and O–H groups in total. The molecule has 1 aliphatic rings. The summed E-state index contributed by atoms with van der Waals surface area (Å²) in [6, 6.07) is 5.40. The Hall–Kier alpha value is -2.04. The number of ether oxygens (including phenoxy) is 1. The molecule has 1 aromatic carbocycles. The van der Waals surface area contributed by atoms with Crippen molar-refractivity contribution in [2.75, 3.05) is 12.8 Å². The second-order valence-corrected chi connectivity index (χ2v) is 4.19. The molecule has 0 amide bonds. The molecule has 1 aromatic heterocycles. The lowest BCUT2D eigenvalue weighted by atomic mass is 10.1. The first-order chi connectivity index (χ1) is 8.28. The molecule has 0 atom stereocenters. The van der Waals surface area contributed by atoms with Crippen LogP contribution in [0.2, 0.25) is 0 Å². The van der Waals surface area contributed by atoms with Crippen LogP contribution in [0.1, 0.15) is 24.6 Å². The van der Waals surface area contributed by atoms with Crippen LogP contribution in [-0.4, -0.2) is 17.3 Å². The number of hydrogen-bond donors (Lipinski definition) is 1. The third-order valence-corrected chi connectivity index (χ3v) is 2.87. The number of aromatic nitrogens is 2. The molecule has 1 aliphatic carbocycles. The fourth-order valence-electron chi connectivity index (χ4n) is 1.71. The molecular weight excluding hydrogens is 218 g/mol. The summed E-state index contributed by atoms with van der Waals surface area (Å²) in [5, 5.41) is 3.97. The van der Waals surface area contributed by atoms with E-state index in [2.05, 4.69) is 10.1 Å². The van der Waals surface area contributed by atoms with Gasteiger partial charge in [-0.05, 0) is 25.0 Å². The van der Waals surface area contributed by atoms with Crippen molar-refractivity contribution in [1.82, 2.24) is 10.1 Å². The number of nitrogens with zero attached hydrogens (tertiary/aromatic N) is 2. The highest BCUT2D eigenvalue weighted by Crippen LogP contribution is 2.39. The lowest BCUT2D eigenvalue weighted by molar-refractivity contribution is 0.414. The van der Waals surface area contributed by atoms with E-state index in [1.54, 1.807) is 13.2 Å². The van der Waals surface area contributed by atoms with Gasteiger partial charge in [-0.2, -0.15) is 4.98 Å². The van der Waals surface area contributed by atoms with Crippen LogP contribution >= 0.6 is 0 Å². The summed E-state index contributed by atoms with van der Waals surface area (Å²) in [6.07, 6.45) is 2.30. The molecule has 0 radical (unpaired) electrons. The highest BCUT2D eigenvalue weighted by molar-refractivity contribution is 5.71. The largest absolute Gasteiger partial charge is 0.497 e. The number of nitrogen functional groups attached to an aromatic ring is 1. The summed E-state index contributed by atoms with van der Waals surface area (Å²) in [5.74, 6) is 2.46. The van der Waals surface area contributed by atoms with Crippen LogP contribution in [0.4, 0.5) is 5.69 Å². The molecule has 1 fully saturated rings. The van der Waals surface area contributed by atoms with Crippen LogP contribution < -0.4 is 10.5 Å². The van der Waals surface area contributed by atoms with E-state index in [1.165, 1.54) is 0 Å². The minimum absolute atomic E-state index is 0.479. The Bertz CT molecular complexity index is 546. The van der Waals surface area contributed by atoms with Gasteiger partial charge < -0.3 is 15.0 Å². The molecule has 1 heterocycles. The monoisotopic (exact) mass is 231 g/mol. The van der Waals surface area contributed by atoms with Gasteiger partial charge in [-0.1, -0.05) is 5.16 Å². The van der Waals surface area contributed by atoms with Crippen molar-refractivity contribution in [3.63, 3.8) is 0 Å². The van der Waals surface area contributed by atoms with Crippen molar-refractivity contribution >= 4 is 5.69 Å². The fourth-order valence-corrected chi connectivity index (χ4v) is 1.71. The Morgan fingerprint density at radius 1 is 1.41 bits per heavy atom. The Morgan fingerprint density at radius 2 is 2.24 bits per heavy atom. The van der Waals surface area contributed by atoms with Gasteiger partial charge in [-0.25, -0.2) is 0 Å². The number of benzene rings is 1. The Morgan fingerprint density at radius 3 is 2.88 bits per heavy atom. The van der Waals surface area contributed by atoms with E-state index >= 15 is 0 Å². The standard InChI is InChI=1S/C12H13N3O2/c1-16-8-4-5-9(10(13)6-8)12-14-11(15-17-12)7-2-3-7/h4-7H,2-3,13H2,1H3. The SMILES string of the molecule is COc1ccc(-c2nc(C3CC3)no2)c(N)c1. The summed E-state index contributed by atoms with van der Waals surface area (Å²) in [4.78, 5) is 4.36. The van der Waals surface area contributed by atoms with Gasteiger partial charge in [0.1, 0.15) is 5.75 Å². The second-order valence-electron chi connectivity index (χ2n) is 4.19. The minimum Gasteiger partial charge on any atom is -0.497 e. The molecule has 0 saturated heterocycles. The molecule has 0 spiro atoms. The lowest BCUT2D eigenvalue weighted by Crippen LogP contribution is -1.92. The van der Waals surface area contributed by atoms with Crippen molar-refractivity contribution in [3.8, 4) is 17.2 Å². The lowest BCUT2D eigenvalue weighted by Gasteiger charge is -2.03. The van der Waals surface area contributed by atoms with E-state index in [9.17, 15) is 0 Å². The molecular formula is C12H13N3O2. The summed E-state index contributed by atoms with van der Waals surface area (Å²) in [6.45, 7) is 0. The molecule has 88 valence electrons. The quantitative estimate of drug-likeness (QED) is 0.820. The van der Waals surface area contributed by atoms with Crippen LogP contribution in [0.25, 0.3) is 11.5 Å². The van der Waals surface area contributed by atoms with Gasteiger partial charge in [0.2, 0.25) is 0 Å². The van der Waals surface area contributed by atoms with Crippen molar-refractivity contribution < 1.29 is 9.26 Å². The van der Waals surface area contributed by atoms with Crippen LogP contribution in [0.5, 0.6) is 5.75 Å². The van der Waals surface area contributed by atoms with E-state index in [4.69, 9.17) is 15.0 Å². The topological polar surface area (TPSA) is 74.2 Å². The van der Waals surface area contributed by atoms with Crippen LogP contribution in [-0.2, 0) is 0 Å². The first-order valence-corrected chi connectivity index (χ1v) is 5.55. The van der Waals surface area contributed by atoms with Gasteiger partial charge in [0, 0.05) is 17.7 Å². The molecule has 17 heavy (non-hydrogen) atoms. The average molecular weight is 231 g/mol. The third kappa shape index (κ3) is 1.84. The van der Waals surface area contributed by atoms with Gasteiger partial charge in [-0.15, -0.1) is 0 Å². The predicted molar refractivity (Wildman–Crippen MR) is 62.7 cm³/mol. The maximum atomic E-state index is 5.92. The second kappa shape index (κ2) is 3.76. The Kier molecular flexibility index (Phi) is 2.24. The molecule has 3 rings (SSSR count). The highest BCUT2D eigenvalue weighted by Gasteiger charge is 2.29. The highest BCUT2D eigenvalue weighted by atomic mass is 16.5. The summed E-state index contributed by atoms with van der Waals surface area (Å²) in [7, 11) is 1.60. The molecule has 5 heteroatoms. The van der Waals surface area contributed by atoms with Gasteiger partial charge in [0.05, 0.1) is 12.7 Å². The third-order valence-electron chi connectivity index (χ3n) is 2.87. The predicted octanol–water partition coefficient (Wildman–Crippen LogP) is 2.20. The summed E-state index contributed by atoms with van der Waals surface area (Å²) < 4.78 is 10.3. The van der Waals surface area contributed by atoms with E-state index in [-0.39, 0.29) is 0 Å². The summed E-state index contributed by atoms with van der Waals surface area (Å²) >= 11 is 0. The van der Waals surface area contributed by atoms with Gasteiger partial charge >= 0.3 is 0 Å². The first-order valence-electron chi connectivity index (χ1n) is 5.55. The minimum atomic E-state index is 0.479. The Balaban J connectivity index is 1.96. The number of nitrogens with two attached hydrogens (primary N) is 1. The van der Waals surface area contributed by atoms with Crippen molar-refractivity contribution in [2.24, 2.45) is 0 Å². The number of hydrogen-bond acceptors (Lipinski definition) is 5. The van der Waals surface area contributed by atoms with Crippen molar-refractivity contribution in [3.05, 3.63) is 24.0 Å². The van der Waals surface area contributed by atoms with E-state index in [0.717, 1.165) is 24.2 Å². The molecule has 5 nitrogen and oxygen atoms in total. The zero-order chi connectivity index (χ0) is 11.8. The van der Waals surface area contributed by atoms with E-state index in [0.29, 0.717) is 23.2 Å². The zero-order valence-corrected chi connectivity index (χ0v) is 9.51. The van der Waals surface area contributed by atoms with Crippen LogP contribution in [0.3, 0.4) is 0 Å². The van der Waals surface area contributed by atoms with E-state index in [1.807, 2.05) is 12.1 Å². The maximum absolute atomic E-state index is 5.92. The fraction of sp³-hybridized carbons (Fsp3) is 0.333. The normalized spacial score (nSPS) is 14.9. The molecule has 0 bridgehead atoms. The van der Waals surface area contributed by atoms with E-state index < -0.39 is 0 Å². The number of rotatable bonds is 3. The van der Waals surface area contributed by atoms with Gasteiger partial charge in [0.25, 0.3) is 5.89 Å². The first kappa shape index (κ1) is 10.1. The van der Waals surface area contributed by atoms with Crippen LogP contribution in [0, 0.1) is 0 Å². The smallest absolute Gasteiger partial charge is 0.260 e. The molecule has 1 saturated carbocycles. The number of anilines is 1. The van der Waals surface area contributed by atoms with Crippen molar-refractivity contribution in [1.29, 1.82) is 0 Å². The number of methoxy groups -OCH3 is 1. The Labute approximate surface area is 98.6 Å². The average Bonchev–Trinajstić information content (AvgIpc) is 3.08. The molecule has 2 aromatic rings. The summed E-state index contributed by atoms with van der Waals surface area (Å²) in [5.41, 5.74) is 7.26. The zero-order valence-electron chi connectivity index (χ0n) is 9.51. The van der Waals surface area contributed by atoms with Gasteiger partial charge in [0.15, 0.2) is 5.82 Å². The molecule has 0 aliphatic heterocycles. The van der Waals surface area contributed by atoms with Crippen LogP contribution in [0.15, 0.2) is 22.7 Å². The molecule has 0 unspecified atom stereocenters. The maximum Gasteiger partial charge on any atom is 0.260 e.